The normalized spacial score (nSPS) is 18.8. The van der Waals surface area contributed by atoms with Crippen LogP contribution in [0.2, 0.25) is 0 Å². The van der Waals surface area contributed by atoms with Crippen molar-refractivity contribution in [1.29, 1.82) is 0 Å². The Bertz CT molecular complexity index is 1080. The van der Waals surface area contributed by atoms with Crippen LogP contribution in [0, 0.1) is 5.92 Å². The number of hydrogen-bond acceptors (Lipinski definition) is 5. The van der Waals surface area contributed by atoms with Crippen molar-refractivity contribution in [1.82, 2.24) is 9.96 Å². The van der Waals surface area contributed by atoms with Crippen molar-refractivity contribution in [3.05, 3.63) is 53.6 Å². The molecule has 2 aromatic carbocycles. The molecule has 7 nitrogen and oxygen atoms in total. The van der Waals surface area contributed by atoms with Crippen LogP contribution < -0.4 is 10.2 Å². The molecule has 2 aliphatic heterocycles. The van der Waals surface area contributed by atoms with Crippen molar-refractivity contribution < 1.29 is 28.0 Å². The fourth-order valence-corrected chi connectivity index (χ4v) is 4.73. The topological polar surface area (TPSA) is 76.1 Å². The Balaban J connectivity index is 1.46. The summed E-state index contributed by atoms with van der Waals surface area (Å²) < 4.78 is 41.6. The lowest BCUT2D eigenvalue weighted by Crippen LogP contribution is -2.42. The van der Waals surface area contributed by atoms with E-state index in [1.54, 1.807) is 7.05 Å². The van der Waals surface area contributed by atoms with Crippen molar-refractivity contribution in [2.24, 2.45) is 5.92 Å². The van der Waals surface area contributed by atoms with Gasteiger partial charge < -0.3 is 15.1 Å². The van der Waals surface area contributed by atoms with Gasteiger partial charge in [-0.15, -0.1) is 0 Å². The van der Waals surface area contributed by atoms with Crippen molar-refractivity contribution in [2.75, 3.05) is 36.9 Å². The van der Waals surface area contributed by atoms with Crippen LogP contribution >= 0.6 is 0 Å². The first-order valence-electron chi connectivity index (χ1n) is 12.2. The molecule has 0 aromatic heterocycles. The van der Waals surface area contributed by atoms with Crippen molar-refractivity contribution >= 4 is 28.9 Å². The molecule has 1 unspecified atom stereocenters. The molecular formula is C26H31F3N4O3. The molecule has 194 valence electrons. The second kappa shape index (κ2) is 10.8. The highest BCUT2D eigenvalue weighted by Crippen LogP contribution is 2.35. The van der Waals surface area contributed by atoms with Gasteiger partial charge in [-0.25, -0.2) is 5.06 Å². The molecule has 0 spiro atoms. The zero-order chi connectivity index (χ0) is 25.9. The highest BCUT2D eigenvalue weighted by molar-refractivity contribution is 5.86. The van der Waals surface area contributed by atoms with Crippen LogP contribution in [0.15, 0.2) is 42.5 Å². The number of hydrogen-bond donors (Lipinski definition) is 2. The van der Waals surface area contributed by atoms with Gasteiger partial charge in [-0.1, -0.05) is 6.07 Å². The second-order valence-electron chi connectivity index (χ2n) is 9.49. The third kappa shape index (κ3) is 6.10. The number of hydroxylamine groups is 2. The monoisotopic (exact) mass is 504 g/mol. The Kier molecular flexibility index (Phi) is 7.73. The smallest absolute Gasteiger partial charge is 0.372 e. The summed E-state index contributed by atoms with van der Waals surface area (Å²) in [6, 6.07) is 11.3. The molecule has 2 saturated heterocycles. The first-order valence-corrected chi connectivity index (χ1v) is 12.2. The van der Waals surface area contributed by atoms with Crippen LogP contribution in [-0.2, 0) is 22.3 Å². The average Bonchev–Trinajstić information content (AvgIpc) is 2.86. The van der Waals surface area contributed by atoms with Crippen LogP contribution in [-0.4, -0.2) is 53.7 Å². The molecule has 0 bridgehead atoms. The molecule has 2 heterocycles. The van der Waals surface area contributed by atoms with Crippen LogP contribution in [0.4, 0.5) is 30.2 Å². The Morgan fingerprint density at radius 1 is 1.06 bits per heavy atom. The van der Waals surface area contributed by atoms with Crippen molar-refractivity contribution in [3.8, 4) is 0 Å². The molecule has 2 fully saturated rings. The summed E-state index contributed by atoms with van der Waals surface area (Å²) in [5.74, 6) is -1.73. The number of nitrogens with one attached hydrogen (secondary N) is 1. The number of carbonyl (C=O) groups excluding carboxylic acids is 2. The van der Waals surface area contributed by atoms with Gasteiger partial charge in [0, 0.05) is 50.2 Å². The predicted molar refractivity (Wildman–Crippen MR) is 130 cm³/mol. The molecule has 4 rings (SSSR count). The molecule has 2 N–H and O–H groups in total. The summed E-state index contributed by atoms with van der Waals surface area (Å²) in [7, 11) is 1.62. The van der Waals surface area contributed by atoms with Gasteiger partial charge in [0.05, 0.1) is 18.0 Å². The molecule has 2 aromatic rings. The van der Waals surface area contributed by atoms with Gasteiger partial charge in [-0.2, -0.15) is 13.2 Å². The summed E-state index contributed by atoms with van der Waals surface area (Å²) in [4.78, 5) is 28.2. The van der Waals surface area contributed by atoms with E-state index >= 15 is 0 Å². The van der Waals surface area contributed by atoms with Gasteiger partial charge in [0.25, 0.3) is 0 Å². The number of amides is 2. The van der Waals surface area contributed by atoms with E-state index in [4.69, 9.17) is 0 Å². The predicted octanol–water partition coefficient (Wildman–Crippen LogP) is 5.03. The third-order valence-electron chi connectivity index (χ3n) is 6.88. The van der Waals surface area contributed by atoms with E-state index in [1.165, 1.54) is 23.5 Å². The minimum Gasteiger partial charge on any atom is -0.372 e. The summed E-state index contributed by atoms with van der Waals surface area (Å²) in [5.41, 5.74) is 0.814. The fourth-order valence-electron chi connectivity index (χ4n) is 4.73. The maximum Gasteiger partial charge on any atom is 0.416 e. The Labute approximate surface area is 208 Å². The number of carbonyl (C=O) groups is 2. The van der Waals surface area contributed by atoms with E-state index in [1.807, 2.05) is 24.3 Å². The average molecular weight is 505 g/mol. The third-order valence-corrected chi connectivity index (χ3v) is 6.88. The quantitative estimate of drug-likeness (QED) is 0.427. The van der Waals surface area contributed by atoms with Gasteiger partial charge in [0.2, 0.25) is 11.8 Å². The highest BCUT2D eigenvalue weighted by atomic mass is 19.4. The Hall–Kier alpha value is -3.27. The maximum absolute atomic E-state index is 13.9. The molecule has 2 amide bonds. The molecule has 1 atom stereocenters. The van der Waals surface area contributed by atoms with Gasteiger partial charge in [-0.3, -0.25) is 14.8 Å². The lowest BCUT2D eigenvalue weighted by molar-refractivity contribution is -0.176. The molecule has 36 heavy (non-hydrogen) atoms. The van der Waals surface area contributed by atoms with Crippen molar-refractivity contribution in [3.63, 3.8) is 0 Å². The summed E-state index contributed by atoms with van der Waals surface area (Å²) >= 11 is 0. The van der Waals surface area contributed by atoms with E-state index < -0.39 is 30.1 Å². The first kappa shape index (κ1) is 25.8. The van der Waals surface area contributed by atoms with Crippen LogP contribution in [0.3, 0.4) is 0 Å². The SMILES string of the molecule is CN1CCC(C(=O)N(O)Cc2ccc(Nc3ccc(N4CCCCC4)cc3)cc2C(F)(F)F)CC1=O. The standard InChI is InChI=1S/C26H31F3N4O3/c1-31-14-11-18(15-24(31)34)25(35)33(36)17-19-5-6-21(16-23(19)26(27,28)29)30-20-7-9-22(10-8-20)32-12-3-2-4-13-32/h5-10,16,18,30,36H,2-4,11-15,17H2,1H3. The lowest BCUT2D eigenvalue weighted by atomic mass is 9.95. The van der Waals surface area contributed by atoms with Gasteiger partial charge in [-0.05, 0) is 67.6 Å². The number of rotatable bonds is 6. The maximum atomic E-state index is 13.9. The Morgan fingerprint density at radius 2 is 1.72 bits per heavy atom. The van der Waals surface area contributed by atoms with Gasteiger partial charge >= 0.3 is 6.18 Å². The minimum atomic E-state index is -4.68. The molecule has 10 heteroatoms. The molecule has 0 aliphatic carbocycles. The molecule has 0 saturated carbocycles. The minimum absolute atomic E-state index is 0.0715. The number of benzene rings is 2. The zero-order valence-corrected chi connectivity index (χ0v) is 20.2. The lowest BCUT2D eigenvalue weighted by Gasteiger charge is -2.30. The summed E-state index contributed by atoms with van der Waals surface area (Å²) in [6.07, 6.45) is -0.868. The second-order valence-corrected chi connectivity index (χ2v) is 9.49. The number of alkyl halides is 3. The zero-order valence-electron chi connectivity index (χ0n) is 20.2. The molecule has 2 aliphatic rings. The number of likely N-dealkylation sites (tertiary alicyclic amines) is 1. The highest BCUT2D eigenvalue weighted by Gasteiger charge is 2.36. The number of anilines is 3. The van der Waals surface area contributed by atoms with E-state index in [0.29, 0.717) is 23.7 Å². The van der Waals surface area contributed by atoms with Crippen LogP contribution in [0.5, 0.6) is 0 Å². The van der Waals surface area contributed by atoms with E-state index in [0.717, 1.165) is 37.7 Å². The van der Waals surface area contributed by atoms with E-state index in [9.17, 15) is 28.0 Å². The van der Waals surface area contributed by atoms with Crippen LogP contribution in [0.25, 0.3) is 0 Å². The Morgan fingerprint density at radius 3 is 2.36 bits per heavy atom. The summed E-state index contributed by atoms with van der Waals surface area (Å²) in [5, 5.41) is 13.6. The van der Waals surface area contributed by atoms with Crippen molar-refractivity contribution in [2.45, 2.75) is 44.8 Å². The van der Waals surface area contributed by atoms with Crippen LogP contribution in [0.1, 0.15) is 43.2 Å². The van der Waals surface area contributed by atoms with Gasteiger partial charge in [0.15, 0.2) is 0 Å². The fraction of sp³-hybridized carbons (Fsp3) is 0.462. The van der Waals surface area contributed by atoms with E-state index in [-0.39, 0.29) is 23.6 Å². The van der Waals surface area contributed by atoms with E-state index in [2.05, 4.69) is 10.2 Å². The molecular weight excluding hydrogens is 473 g/mol. The number of nitrogens with zero attached hydrogens (tertiary/aromatic N) is 3. The van der Waals surface area contributed by atoms with Gasteiger partial charge in [0.1, 0.15) is 0 Å². The summed E-state index contributed by atoms with van der Waals surface area (Å²) in [6.45, 7) is 1.73. The number of piperidine rings is 2. The largest absolute Gasteiger partial charge is 0.416 e. The first-order chi connectivity index (χ1) is 17.1. The molecule has 0 radical (unpaired) electrons. The number of halogens is 3.